The highest BCUT2D eigenvalue weighted by Crippen LogP contribution is 2.28. The fourth-order valence-corrected chi connectivity index (χ4v) is 5.46. The number of pyridine rings is 3. The van der Waals surface area contributed by atoms with Crippen LogP contribution in [0, 0.1) is 0 Å². The molecule has 9 heteroatoms. The third-order valence-corrected chi connectivity index (χ3v) is 7.94. The predicted octanol–water partition coefficient (Wildman–Crippen LogP) is 9.32. The Morgan fingerprint density at radius 3 is 1.33 bits per heavy atom. The third-order valence-electron chi connectivity index (χ3n) is 7.43. The van der Waals surface area contributed by atoms with E-state index in [4.69, 9.17) is 33.2 Å². The highest BCUT2D eigenvalue weighted by Gasteiger charge is 2.17. The van der Waals surface area contributed by atoms with E-state index in [0.29, 0.717) is 54.4 Å². The molecule has 0 aliphatic carbocycles. The van der Waals surface area contributed by atoms with Gasteiger partial charge in [0.15, 0.2) is 0 Å². The summed E-state index contributed by atoms with van der Waals surface area (Å²) in [5.41, 5.74) is 5.15. The van der Waals surface area contributed by atoms with Gasteiger partial charge in [0.05, 0.1) is 33.5 Å². The number of benzene rings is 4. The van der Waals surface area contributed by atoms with Gasteiger partial charge in [-0.25, -0.2) is 15.0 Å². The molecule has 0 aliphatic rings. The molecule has 7 nitrogen and oxygen atoms in total. The van der Waals surface area contributed by atoms with Crippen LogP contribution in [0.4, 0.5) is 11.6 Å². The second-order valence-corrected chi connectivity index (χ2v) is 11.3. The Kier molecular flexibility index (Phi) is 7.84. The van der Waals surface area contributed by atoms with Crippen molar-refractivity contribution in [2.75, 3.05) is 10.6 Å². The Bertz CT molecular complexity index is 2110. The van der Waals surface area contributed by atoms with Gasteiger partial charge in [-0.3, -0.25) is 9.59 Å². The third kappa shape index (κ3) is 6.02. The van der Waals surface area contributed by atoms with Gasteiger partial charge in [-0.2, -0.15) is 0 Å². The van der Waals surface area contributed by atoms with Crippen LogP contribution in [0.5, 0.6) is 0 Å². The number of rotatable bonds is 6. The first kappa shape index (κ1) is 29.1. The molecule has 2 N–H and O–H groups in total. The quantitative estimate of drug-likeness (QED) is 0.189. The van der Waals surface area contributed by atoms with Gasteiger partial charge in [0.1, 0.15) is 11.6 Å². The zero-order valence-electron chi connectivity index (χ0n) is 24.0. The topological polar surface area (TPSA) is 96.9 Å². The number of aromatic nitrogens is 3. The molecule has 222 valence electrons. The Hall–Kier alpha value is -5.63. The SMILES string of the molecule is O=C(Nc1cccc(NC(=O)c2cc(-c3ccc(Cl)cc3)nc3ccccc23)n1)c1cc(-c2ccc(Cl)cc2)nc2ccccc12. The van der Waals surface area contributed by atoms with E-state index in [1.165, 1.54) is 0 Å². The first-order valence-electron chi connectivity index (χ1n) is 14.3. The van der Waals surface area contributed by atoms with Crippen LogP contribution in [0.1, 0.15) is 20.7 Å². The van der Waals surface area contributed by atoms with Crippen LogP contribution in [-0.4, -0.2) is 26.8 Å². The van der Waals surface area contributed by atoms with Gasteiger partial charge in [-0.1, -0.05) is 89.9 Å². The van der Waals surface area contributed by atoms with Crippen LogP contribution in [0.2, 0.25) is 10.0 Å². The summed E-state index contributed by atoms with van der Waals surface area (Å²) in [4.78, 5) is 41.3. The van der Waals surface area contributed by atoms with Gasteiger partial charge >= 0.3 is 0 Å². The molecular weight excluding hydrogens is 617 g/mol. The number of halogens is 2. The largest absolute Gasteiger partial charge is 0.306 e. The number of fused-ring (bicyclic) bond motifs is 2. The van der Waals surface area contributed by atoms with Crippen molar-refractivity contribution in [2.24, 2.45) is 0 Å². The second-order valence-electron chi connectivity index (χ2n) is 10.5. The molecule has 0 saturated heterocycles. The summed E-state index contributed by atoms with van der Waals surface area (Å²) in [6.45, 7) is 0. The normalized spacial score (nSPS) is 11.0. The maximum Gasteiger partial charge on any atom is 0.257 e. The Balaban J connectivity index is 1.17. The van der Waals surface area contributed by atoms with Crippen LogP contribution in [0.3, 0.4) is 0 Å². The van der Waals surface area contributed by atoms with E-state index in [1.54, 1.807) is 54.6 Å². The summed E-state index contributed by atoms with van der Waals surface area (Å²) in [6.07, 6.45) is 0. The van der Waals surface area contributed by atoms with Crippen molar-refractivity contribution in [3.8, 4) is 22.5 Å². The van der Waals surface area contributed by atoms with Crippen molar-refractivity contribution >= 4 is 68.5 Å². The Morgan fingerprint density at radius 1 is 0.478 bits per heavy atom. The zero-order chi connectivity index (χ0) is 31.6. The lowest BCUT2D eigenvalue weighted by molar-refractivity contribution is 0.102. The molecule has 7 aromatic rings. The van der Waals surface area contributed by atoms with Crippen molar-refractivity contribution in [1.29, 1.82) is 0 Å². The molecule has 3 aromatic heterocycles. The number of para-hydroxylation sites is 2. The summed E-state index contributed by atoms with van der Waals surface area (Å²) < 4.78 is 0. The number of hydrogen-bond acceptors (Lipinski definition) is 5. The lowest BCUT2D eigenvalue weighted by Crippen LogP contribution is -2.17. The van der Waals surface area contributed by atoms with E-state index >= 15 is 0 Å². The summed E-state index contributed by atoms with van der Waals surface area (Å²) in [7, 11) is 0. The van der Waals surface area contributed by atoms with Gasteiger partial charge in [0.2, 0.25) is 0 Å². The molecule has 0 fully saturated rings. The van der Waals surface area contributed by atoms with E-state index in [9.17, 15) is 9.59 Å². The predicted molar refractivity (Wildman–Crippen MR) is 185 cm³/mol. The number of carbonyl (C=O) groups excluding carboxylic acids is 2. The molecule has 0 bridgehead atoms. The van der Waals surface area contributed by atoms with E-state index in [2.05, 4.69) is 15.6 Å². The minimum Gasteiger partial charge on any atom is -0.306 e. The monoisotopic (exact) mass is 639 g/mol. The van der Waals surface area contributed by atoms with E-state index in [0.717, 1.165) is 11.1 Å². The van der Waals surface area contributed by atoms with Crippen molar-refractivity contribution in [2.45, 2.75) is 0 Å². The molecule has 2 amide bonds. The number of nitrogens with one attached hydrogen (secondary N) is 2. The highest BCUT2D eigenvalue weighted by molar-refractivity contribution is 6.31. The lowest BCUT2D eigenvalue weighted by Gasteiger charge is -2.12. The molecule has 3 heterocycles. The number of hydrogen-bond donors (Lipinski definition) is 2. The smallest absolute Gasteiger partial charge is 0.257 e. The van der Waals surface area contributed by atoms with Gasteiger partial charge in [-0.05, 0) is 60.7 Å². The Morgan fingerprint density at radius 2 is 0.891 bits per heavy atom. The van der Waals surface area contributed by atoms with E-state index in [1.807, 2.05) is 72.8 Å². The first-order chi connectivity index (χ1) is 22.4. The van der Waals surface area contributed by atoms with E-state index in [-0.39, 0.29) is 23.5 Å². The Labute approximate surface area is 273 Å². The molecule has 4 aromatic carbocycles. The fourth-order valence-electron chi connectivity index (χ4n) is 5.20. The van der Waals surface area contributed by atoms with Crippen molar-refractivity contribution in [3.05, 3.63) is 149 Å². The molecule has 0 atom stereocenters. The molecule has 0 saturated carbocycles. The number of amides is 2. The van der Waals surface area contributed by atoms with Crippen LogP contribution >= 0.6 is 23.2 Å². The number of carbonyl (C=O) groups is 2. The van der Waals surface area contributed by atoms with Gasteiger partial charge < -0.3 is 10.6 Å². The molecule has 0 unspecified atom stereocenters. The molecule has 0 radical (unpaired) electrons. The lowest BCUT2D eigenvalue weighted by atomic mass is 10.0. The molecular formula is C37H23Cl2N5O2. The van der Waals surface area contributed by atoms with Crippen LogP contribution in [0.25, 0.3) is 44.3 Å². The second kappa shape index (κ2) is 12.4. The standard InChI is InChI=1S/C37H23Cl2N5O2/c38-24-16-12-22(13-17-24)32-20-28(26-6-1-3-8-30(26)40-32)36(45)43-34-10-5-11-35(42-34)44-37(46)29-21-33(23-14-18-25(39)19-15-23)41-31-9-4-2-7-27(29)31/h1-21H,(H2,42,43,44,45,46). The maximum absolute atomic E-state index is 13.7. The summed E-state index contributed by atoms with van der Waals surface area (Å²) in [5, 5.41) is 8.39. The minimum absolute atomic E-state index is 0.276. The fraction of sp³-hybridized carbons (Fsp3) is 0. The zero-order valence-corrected chi connectivity index (χ0v) is 25.6. The maximum atomic E-state index is 13.7. The molecule has 0 aliphatic heterocycles. The van der Waals surface area contributed by atoms with Gasteiger partial charge in [-0.15, -0.1) is 0 Å². The van der Waals surface area contributed by atoms with Crippen molar-refractivity contribution < 1.29 is 9.59 Å². The summed E-state index contributed by atoms with van der Waals surface area (Å²) in [5.74, 6) is -0.175. The molecule has 46 heavy (non-hydrogen) atoms. The number of anilines is 2. The first-order valence-corrected chi connectivity index (χ1v) is 15.1. The highest BCUT2D eigenvalue weighted by atomic mass is 35.5. The average molecular weight is 641 g/mol. The average Bonchev–Trinajstić information content (AvgIpc) is 3.08. The van der Waals surface area contributed by atoms with Crippen LogP contribution in [-0.2, 0) is 0 Å². The van der Waals surface area contributed by atoms with Crippen molar-refractivity contribution in [3.63, 3.8) is 0 Å². The molecule has 0 spiro atoms. The van der Waals surface area contributed by atoms with E-state index < -0.39 is 0 Å². The summed E-state index contributed by atoms with van der Waals surface area (Å²) in [6, 6.07) is 38.0. The van der Waals surface area contributed by atoms with Crippen molar-refractivity contribution in [1.82, 2.24) is 15.0 Å². The van der Waals surface area contributed by atoms with Gasteiger partial charge in [0, 0.05) is 31.9 Å². The van der Waals surface area contributed by atoms with Crippen LogP contribution in [0.15, 0.2) is 127 Å². The molecule has 7 rings (SSSR count). The van der Waals surface area contributed by atoms with Crippen LogP contribution < -0.4 is 10.6 Å². The number of nitrogens with zero attached hydrogens (tertiary/aromatic N) is 3. The summed E-state index contributed by atoms with van der Waals surface area (Å²) >= 11 is 12.2. The minimum atomic E-state index is -0.363. The van der Waals surface area contributed by atoms with Gasteiger partial charge in [0.25, 0.3) is 11.8 Å².